The molecule has 0 rings (SSSR count). The topological polar surface area (TPSA) is 49.7 Å². The van der Waals surface area contributed by atoms with E-state index in [1.54, 1.807) is 0 Å². The summed E-state index contributed by atoms with van der Waals surface area (Å²) < 4.78 is 0. The molecule has 0 atom stereocenters. The minimum absolute atomic E-state index is 0. The van der Waals surface area contributed by atoms with Gasteiger partial charge in [-0.05, 0) is 0 Å². The largest absolute Gasteiger partial charge is 0.379 e. The predicted octanol–water partition coefficient (Wildman–Crippen LogP) is 1.14. The van der Waals surface area contributed by atoms with Crippen LogP contribution in [0.2, 0.25) is 0 Å². The zero-order chi connectivity index (χ0) is 2.71. The number of hydrogen-bond donors (Lipinski definition) is 1. The maximum Gasteiger partial charge on any atom is 0.152 e. The summed E-state index contributed by atoms with van der Waals surface area (Å²) in [6.45, 7) is 0. The first-order chi connectivity index (χ1) is 1.41. The fourth-order valence-corrected chi connectivity index (χ4v) is 0. The van der Waals surface area contributed by atoms with Gasteiger partial charge in [0.05, 0.1) is 0 Å². The summed E-state index contributed by atoms with van der Waals surface area (Å²) in [7, 11) is 0. The highest BCUT2D eigenvalue weighted by Crippen LogP contribution is 1.25. The van der Waals surface area contributed by atoms with E-state index in [-0.39, 0.29) is 29.4 Å². The van der Waals surface area contributed by atoms with Crippen LogP contribution in [0.4, 0.5) is 0 Å². The first-order valence-electron chi connectivity index (χ1n) is 0.383. The monoisotopic (exact) mass is 163 g/mol. The lowest BCUT2D eigenvalue weighted by molar-refractivity contribution is 0.312. The Morgan fingerprint density at radius 1 is 1.60 bits per heavy atom. The fourth-order valence-electron chi connectivity index (χ4n) is 0. The molecule has 0 radical (unpaired) electrons. The molecular weight excluding hydrogens is 161 g/mol. The van der Waals surface area contributed by atoms with Crippen LogP contribution < -0.4 is 0 Å². The smallest absolute Gasteiger partial charge is 0.152 e. The van der Waals surface area contributed by atoms with Crippen molar-refractivity contribution in [3.8, 4) is 0 Å². The lowest BCUT2D eigenvalue weighted by atomic mass is 13.4. The Labute approximate surface area is 45.5 Å². The summed E-state index contributed by atoms with van der Waals surface area (Å²) in [6, 6.07) is 0. The molecule has 0 aromatic rings. The molecular formula is H3BrClNO2. The van der Waals surface area contributed by atoms with Crippen molar-refractivity contribution in [2.24, 2.45) is 5.34 Å². The minimum Gasteiger partial charge on any atom is -0.379 e. The molecule has 0 aromatic carbocycles. The molecule has 0 aliphatic carbocycles. The van der Waals surface area contributed by atoms with Crippen LogP contribution in [0.3, 0.4) is 0 Å². The molecule has 0 aromatic heterocycles. The molecule has 0 amide bonds. The molecule has 0 bridgehead atoms. The van der Waals surface area contributed by atoms with Gasteiger partial charge in [-0.15, -0.1) is 34.3 Å². The molecule has 0 aliphatic rings. The number of rotatable bonds is 0. The Hall–Kier alpha value is 0.170. The zero-order valence-corrected chi connectivity index (χ0v) is 4.65. The lowest BCUT2D eigenvalue weighted by Gasteiger charge is -1.32. The van der Waals surface area contributed by atoms with E-state index >= 15 is 0 Å². The molecule has 1 N–H and O–H groups in total. The highest BCUT2D eigenvalue weighted by atomic mass is 79.9. The second-order valence-corrected chi connectivity index (χ2v) is 0.0816. The second-order valence-electron chi connectivity index (χ2n) is 0.0816. The van der Waals surface area contributed by atoms with Crippen LogP contribution in [0.5, 0.6) is 0 Å². The van der Waals surface area contributed by atoms with E-state index in [4.69, 9.17) is 10.1 Å². The maximum atomic E-state index is 8.11. The van der Waals surface area contributed by atoms with Crippen molar-refractivity contribution < 1.29 is 5.21 Å². The highest BCUT2D eigenvalue weighted by Gasteiger charge is 1.18. The van der Waals surface area contributed by atoms with Crippen molar-refractivity contribution in [2.75, 3.05) is 0 Å². The SMILES string of the molecule is Br.Cl.O=NO. The van der Waals surface area contributed by atoms with Gasteiger partial charge in [-0.3, -0.25) is 0 Å². The van der Waals surface area contributed by atoms with Crippen molar-refractivity contribution >= 4 is 29.4 Å². The molecule has 34 valence electrons. The Balaban J connectivity index is -0.0000000200. The van der Waals surface area contributed by atoms with Gasteiger partial charge in [0.1, 0.15) is 0 Å². The molecule has 5 heteroatoms. The zero-order valence-electron chi connectivity index (χ0n) is 2.12. The summed E-state index contributed by atoms with van der Waals surface area (Å²) in [5, 5.41) is 7.89. The van der Waals surface area contributed by atoms with Crippen molar-refractivity contribution in [1.82, 2.24) is 0 Å². The van der Waals surface area contributed by atoms with Gasteiger partial charge in [0.15, 0.2) is 5.34 Å². The molecule has 0 fully saturated rings. The summed E-state index contributed by atoms with van der Waals surface area (Å²) in [4.78, 5) is 8.11. The maximum absolute atomic E-state index is 8.11. The van der Waals surface area contributed by atoms with Gasteiger partial charge in [0.2, 0.25) is 0 Å². The van der Waals surface area contributed by atoms with Gasteiger partial charge in [-0.1, -0.05) is 0 Å². The first kappa shape index (κ1) is 19.1. The summed E-state index contributed by atoms with van der Waals surface area (Å²) in [6.07, 6.45) is 0. The normalized spacial score (nSPS) is 2.40. The van der Waals surface area contributed by atoms with E-state index < -0.39 is 0 Å². The molecule has 0 unspecified atom stereocenters. The van der Waals surface area contributed by atoms with Gasteiger partial charge in [-0.2, -0.15) is 0 Å². The van der Waals surface area contributed by atoms with E-state index in [0.717, 1.165) is 0 Å². The van der Waals surface area contributed by atoms with Crippen LogP contribution in [0.25, 0.3) is 0 Å². The van der Waals surface area contributed by atoms with Crippen LogP contribution in [-0.4, -0.2) is 5.21 Å². The molecule has 0 saturated heterocycles. The quantitative estimate of drug-likeness (QED) is 0.431. The van der Waals surface area contributed by atoms with Gasteiger partial charge < -0.3 is 5.21 Å². The molecule has 0 saturated carbocycles. The molecule has 5 heavy (non-hydrogen) atoms. The molecule has 3 nitrogen and oxygen atoms in total. The first-order valence-corrected chi connectivity index (χ1v) is 0.383. The third kappa shape index (κ3) is 679. The van der Waals surface area contributed by atoms with E-state index in [2.05, 4.69) is 0 Å². The molecule has 0 aliphatic heterocycles. The number of nitrogens with zero attached hydrogens (tertiary/aromatic N) is 1. The van der Waals surface area contributed by atoms with Crippen molar-refractivity contribution in [2.45, 2.75) is 0 Å². The number of hydrogen-bond acceptors (Lipinski definition) is 2. The van der Waals surface area contributed by atoms with Crippen molar-refractivity contribution in [1.29, 1.82) is 0 Å². The van der Waals surface area contributed by atoms with E-state index in [9.17, 15) is 0 Å². The highest BCUT2D eigenvalue weighted by molar-refractivity contribution is 8.93. The minimum atomic E-state index is 0. The third-order valence-electron chi connectivity index (χ3n) is 0. The fraction of sp³-hybridized carbons (Fsp3) is 0. The standard InChI is InChI=1S/BrH.ClH.HNO2/c;;2-1-3/h2*1H;(H,2,3). The summed E-state index contributed by atoms with van der Waals surface area (Å²) in [5.74, 6) is 0. The Bertz CT molecular complexity index is 17.1. The van der Waals surface area contributed by atoms with Gasteiger partial charge in [0, 0.05) is 0 Å². The molecule has 0 spiro atoms. The van der Waals surface area contributed by atoms with Crippen LogP contribution in [0.15, 0.2) is 5.34 Å². The van der Waals surface area contributed by atoms with Gasteiger partial charge in [0.25, 0.3) is 0 Å². The average molecular weight is 164 g/mol. The Morgan fingerprint density at radius 2 is 1.60 bits per heavy atom. The predicted molar refractivity (Wildman–Crippen MR) is 25.2 cm³/mol. The summed E-state index contributed by atoms with van der Waals surface area (Å²) in [5.41, 5.74) is 0. The lowest BCUT2D eigenvalue weighted by Crippen LogP contribution is -1.25. The third-order valence-corrected chi connectivity index (χ3v) is 0. The van der Waals surface area contributed by atoms with E-state index in [0.29, 0.717) is 0 Å². The van der Waals surface area contributed by atoms with E-state index in [1.807, 2.05) is 0 Å². The van der Waals surface area contributed by atoms with Gasteiger partial charge in [-0.25, -0.2) is 0 Å². The van der Waals surface area contributed by atoms with Crippen LogP contribution in [-0.2, 0) is 0 Å². The average Bonchev–Trinajstić information content (AvgIpc) is 0.918. The van der Waals surface area contributed by atoms with Gasteiger partial charge >= 0.3 is 0 Å². The van der Waals surface area contributed by atoms with Crippen molar-refractivity contribution in [3.05, 3.63) is 4.91 Å². The Kier molecular flexibility index (Phi) is 117. The van der Waals surface area contributed by atoms with Crippen molar-refractivity contribution in [3.63, 3.8) is 0 Å². The Morgan fingerprint density at radius 3 is 1.60 bits per heavy atom. The van der Waals surface area contributed by atoms with E-state index in [1.165, 1.54) is 5.34 Å². The number of halogens is 2. The molecule has 0 heterocycles. The summed E-state index contributed by atoms with van der Waals surface area (Å²) >= 11 is 0. The van der Waals surface area contributed by atoms with Crippen LogP contribution in [0, 0.1) is 4.91 Å². The second kappa shape index (κ2) is 30.6. The van der Waals surface area contributed by atoms with Crippen LogP contribution in [0.1, 0.15) is 0 Å². The van der Waals surface area contributed by atoms with Crippen LogP contribution >= 0.6 is 29.4 Å².